The van der Waals surface area contributed by atoms with Crippen LogP contribution in [-0.4, -0.2) is 16.5 Å². The van der Waals surface area contributed by atoms with Crippen LogP contribution in [0.5, 0.6) is 0 Å². The van der Waals surface area contributed by atoms with Crippen molar-refractivity contribution >= 4 is 17.0 Å². The van der Waals surface area contributed by atoms with Gasteiger partial charge in [0.2, 0.25) is 0 Å². The number of aromatic amines is 1. The highest BCUT2D eigenvalue weighted by atomic mass is 16.1. The fraction of sp³-hybridized carbons (Fsp3) is 0.0909. The lowest BCUT2D eigenvalue weighted by molar-refractivity contribution is 1.17. The van der Waals surface area contributed by atoms with Gasteiger partial charge in [0.05, 0.1) is 17.2 Å². The van der Waals surface area contributed by atoms with E-state index in [1.165, 1.54) is 6.33 Å². The van der Waals surface area contributed by atoms with Gasteiger partial charge in [-0.3, -0.25) is 4.79 Å². The lowest BCUT2D eigenvalue weighted by Crippen LogP contribution is -2.05. The molecule has 2 aromatic rings. The van der Waals surface area contributed by atoms with E-state index in [1.807, 2.05) is 24.3 Å². The zero-order chi connectivity index (χ0) is 10.7. The van der Waals surface area contributed by atoms with E-state index in [4.69, 9.17) is 5.73 Å². The molecule has 0 unspecified atom stereocenters. The molecule has 4 nitrogen and oxygen atoms in total. The number of H-pyrrole nitrogens is 1. The third kappa shape index (κ3) is 1.94. The molecule has 0 aliphatic carbocycles. The predicted octanol–water partition coefficient (Wildman–Crippen LogP) is 0.895. The number of hydrogen-bond acceptors (Lipinski definition) is 3. The van der Waals surface area contributed by atoms with Gasteiger partial charge in [-0.1, -0.05) is 18.2 Å². The van der Waals surface area contributed by atoms with E-state index in [2.05, 4.69) is 9.97 Å². The molecule has 0 spiro atoms. The topological polar surface area (TPSA) is 71.8 Å². The largest absolute Gasteiger partial charge is 0.327 e. The molecule has 0 saturated carbocycles. The van der Waals surface area contributed by atoms with Crippen molar-refractivity contribution in [1.82, 2.24) is 9.97 Å². The van der Waals surface area contributed by atoms with Crippen LogP contribution in [0.25, 0.3) is 17.0 Å². The number of nitrogens with zero attached hydrogens (tertiary/aromatic N) is 1. The van der Waals surface area contributed by atoms with Gasteiger partial charge in [0.1, 0.15) is 0 Å². The lowest BCUT2D eigenvalue weighted by atomic mass is 10.1. The first-order valence-corrected chi connectivity index (χ1v) is 4.65. The molecule has 1 heterocycles. The maximum Gasteiger partial charge on any atom is 0.258 e. The Morgan fingerprint density at radius 2 is 2.33 bits per heavy atom. The molecule has 0 fully saturated rings. The summed E-state index contributed by atoms with van der Waals surface area (Å²) in [5.41, 5.74) is 6.92. The Bertz CT molecular complexity index is 557. The standard InChI is InChI=1S/C11H11N3O/c12-5-1-2-8-3-4-9-10(6-8)13-7-14-11(9)15/h1-4,6-7H,5,12H2,(H,13,14,15). The fourth-order valence-electron chi connectivity index (χ4n) is 1.39. The Balaban J connectivity index is 2.57. The van der Waals surface area contributed by atoms with E-state index < -0.39 is 0 Å². The van der Waals surface area contributed by atoms with Gasteiger partial charge in [0, 0.05) is 6.54 Å². The Morgan fingerprint density at radius 3 is 3.13 bits per heavy atom. The maximum atomic E-state index is 11.4. The Kier molecular flexibility index (Phi) is 2.60. The average molecular weight is 201 g/mol. The van der Waals surface area contributed by atoms with Crippen molar-refractivity contribution in [2.24, 2.45) is 5.73 Å². The van der Waals surface area contributed by atoms with E-state index in [9.17, 15) is 4.79 Å². The third-order valence-corrected chi connectivity index (χ3v) is 2.11. The first kappa shape index (κ1) is 9.61. The van der Waals surface area contributed by atoms with Gasteiger partial charge in [0.25, 0.3) is 5.56 Å². The van der Waals surface area contributed by atoms with Crippen molar-refractivity contribution in [3.05, 3.63) is 46.5 Å². The molecule has 0 bridgehead atoms. The molecule has 3 N–H and O–H groups in total. The summed E-state index contributed by atoms with van der Waals surface area (Å²) in [6.45, 7) is 0.501. The second-order valence-corrected chi connectivity index (χ2v) is 3.15. The van der Waals surface area contributed by atoms with Gasteiger partial charge >= 0.3 is 0 Å². The van der Waals surface area contributed by atoms with Crippen molar-refractivity contribution in [3.8, 4) is 0 Å². The molecule has 15 heavy (non-hydrogen) atoms. The molecule has 0 saturated heterocycles. The van der Waals surface area contributed by atoms with Crippen molar-refractivity contribution in [2.75, 3.05) is 6.54 Å². The normalized spacial score (nSPS) is 11.3. The first-order chi connectivity index (χ1) is 7.31. The highest BCUT2D eigenvalue weighted by Crippen LogP contribution is 2.10. The van der Waals surface area contributed by atoms with Gasteiger partial charge in [-0.15, -0.1) is 0 Å². The van der Waals surface area contributed by atoms with E-state index >= 15 is 0 Å². The summed E-state index contributed by atoms with van der Waals surface area (Å²) in [5, 5.41) is 0.599. The van der Waals surface area contributed by atoms with E-state index in [-0.39, 0.29) is 5.56 Å². The van der Waals surface area contributed by atoms with Crippen LogP contribution in [0.4, 0.5) is 0 Å². The molecular formula is C11H11N3O. The zero-order valence-corrected chi connectivity index (χ0v) is 8.10. The summed E-state index contributed by atoms with van der Waals surface area (Å²) >= 11 is 0. The molecule has 0 radical (unpaired) electrons. The average Bonchev–Trinajstić information content (AvgIpc) is 2.26. The molecule has 0 atom stereocenters. The van der Waals surface area contributed by atoms with Gasteiger partial charge in [-0.25, -0.2) is 4.98 Å². The predicted molar refractivity (Wildman–Crippen MR) is 60.5 cm³/mol. The van der Waals surface area contributed by atoms with Crippen molar-refractivity contribution in [1.29, 1.82) is 0 Å². The monoisotopic (exact) mass is 201 g/mol. The number of benzene rings is 1. The maximum absolute atomic E-state index is 11.4. The summed E-state index contributed by atoms with van der Waals surface area (Å²) in [6.07, 6.45) is 5.16. The van der Waals surface area contributed by atoms with E-state index in [1.54, 1.807) is 6.07 Å². The van der Waals surface area contributed by atoms with E-state index in [0.717, 1.165) is 5.56 Å². The highest BCUT2D eigenvalue weighted by Gasteiger charge is 1.98. The van der Waals surface area contributed by atoms with Gasteiger partial charge in [0.15, 0.2) is 0 Å². The third-order valence-electron chi connectivity index (χ3n) is 2.11. The minimum Gasteiger partial charge on any atom is -0.327 e. The van der Waals surface area contributed by atoms with Crippen LogP contribution in [0.2, 0.25) is 0 Å². The Hall–Kier alpha value is -1.94. The summed E-state index contributed by atoms with van der Waals surface area (Å²) in [6, 6.07) is 5.49. The highest BCUT2D eigenvalue weighted by molar-refractivity contribution is 5.79. The molecule has 1 aromatic carbocycles. The molecule has 2 rings (SSSR count). The fourth-order valence-corrected chi connectivity index (χ4v) is 1.39. The number of nitrogens with one attached hydrogen (secondary N) is 1. The Labute approximate surface area is 86.5 Å². The zero-order valence-electron chi connectivity index (χ0n) is 8.10. The lowest BCUT2D eigenvalue weighted by Gasteiger charge is -1.97. The summed E-state index contributed by atoms with van der Waals surface area (Å²) in [5.74, 6) is 0. The van der Waals surface area contributed by atoms with Gasteiger partial charge in [-0.2, -0.15) is 0 Å². The van der Waals surface area contributed by atoms with Crippen LogP contribution in [0, 0.1) is 0 Å². The molecule has 1 aromatic heterocycles. The Morgan fingerprint density at radius 1 is 1.47 bits per heavy atom. The minimum atomic E-state index is -0.116. The summed E-state index contributed by atoms with van der Waals surface area (Å²) < 4.78 is 0. The second-order valence-electron chi connectivity index (χ2n) is 3.15. The SMILES string of the molecule is NCC=Cc1ccc2c(=O)[nH]cnc2c1. The summed E-state index contributed by atoms with van der Waals surface area (Å²) in [7, 11) is 0. The van der Waals surface area contributed by atoms with Crippen molar-refractivity contribution in [2.45, 2.75) is 0 Å². The van der Waals surface area contributed by atoms with Crippen molar-refractivity contribution in [3.63, 3.8) is 0 Å². The molecule has 4 heteroatoms. The first-order valence-electron chi connectivity index (χ1n) is 4.65. The number of aromatic nitrogens is 2. The number of hydrogen-bond donors (Lipinski definition) is 2. The van der Waals surface area contributed by atoms with Gasteiger partial charge < -0.3 is 10.7 Å². The van der Waals surface area contributed by atoms with Crippen LogP contribution in [0.1, 0.15) is 5.56 Å². The van der Waals surface area contributed by atoms with Crippen LogP contribution >= 0.6 is 0 Å². The van der Waals surface area contributed by atoms with Crippen LogP contribution < -0.4 is 11.3 Å². The van der Waals surface area contributed by atoms with Gasteiger partial charge in [-0.05, 0) is 17.7 Å². The second kappa shape index (κ2) is 4.06. The van der Waals surface area contributed by atoms with Crippen LogP contribution in [0.3, 0.4) is 0 Å². The number of rotatable bonds is 2. The molecule has 76 valence electrons. The summed E-state index contributed by atoms with van der Waals surface area (Å²) in [4.78, 5) is 18.0. The van der Waals surface area contributed by atoms with E-state index in [0.29, 0.717) is 17.4 Å². The molecular weight excluding hydrogens is 190 g/mol. The minimum absolute atomic E-state index is 0.116. The quantitative estimate of drug-likeness (QED) is 0.758. The number of fused-ring (bicyclic) bond motifs is 1. The molecule has 0 aliphatic rings. The van der Waals surface area contributed by atoms with Crippen molar-refractivity contribution < 1.29 is 0 Å². The van der Waals surface area contributed by atoms with Crippen LogP contribution in [-0.2, 0) is 0 Å². The number of nitrogens with two attached hydrogens (primary N) is 1. The smallest absolute Gasteiger partial charge is 0.258 e. The molecule has 0 amide bonds. The van der Waals surface area contributed by atoms with Crippen LogP contribution in [0.15, 0.2) is 35.4 Å². The molecule has 0 aliphatic heterocycles.